The van der Waals surface area contributed by atoms with Gasteiger partial charge in [-0.3, -0.25) is 0 Å². The van der Waals surface area contributed by atoms with Crippen LogP contribution in [0.1, 0.15) is 20.3 Å². The number of carbonyl (C=O) groups is 1. The smallest absolute Gasteiger partial charge is 0.449 e. The Kier molecular flexibility index (Phi) is 6.29. The molecule has 0 spiro atoms. The summed E-state index contributed by atoms with van der Waals surface area (Å²) in [5.41, 5.74) is 0. The van der Waals surface area contributed by atoms with Crippen LogP contribution >= 0.6 is 0 Å². The minimum Gasteiger partial charge on any atom is -0.449 e. The summed E-state index contributed by atoms with van der Waals surface area (Å²) in [6.07, 6.45) is -1.55. The van der Waals surface area contributed by atoms with Gasteiger partial charge in [-0.2, -0.15) is 0 Å². The minimum atomic E-state index is -1.29. The van der Waals surface area contributed by atoms with E-state index in [1.807, 2.05) is 13.8 Å². The Labute approximate surface area is 112 Å². The molecule has 1 heterocycles. The Balaban J connectivity index is 0.000000191. The van der Waals surface area contributed by atoms with Crippen molar-refractivity contribution in [3.8, 4) is 5.75 Å². The maximum absolute atomic E-state index is 12.7. The zero-order valence-corrected chi connectivity index (χ0v) is 11.1. The molecule has 1 aromatic carbocycles. The van der Waals surface area contributed by atoms with E-state index in [0.29, 0.717) is 24.7 Å². The molecule has 1 aromatic rings. The van der Waals surface area contributed by atoms with E-state index in [1.165, 1.54) is 0 Å². The Morgan fingerprint density at radius 2 is 2.05 bits per heavy atom. The average molecular weight is 270 g/mol. The summed E-state index contributed by atoms with van der Waals surface area (Å²) in [5, 5.41) is 8.14. The molecule has 1 saturated heterocycles. The second kappa shape index (κ2) is 7.74. The molecule has 0 saturated carbocycles. The van der Waals surface area contributed by atoms with Crippen LogP contribution < -0.4 is 4.74 Å². The first-order valence-corrected chi connectivity index (χ1v) is 6.22. The molecular weight excluding hydrogens is 251 g/mol. The van der Waals surface area contributed by atoms with Crippen molar-refractivity contribution in [3.63, 3.8) is 0 Å². The van der Waals surface area contributed by atoms with Crippen molar-refractivity contribution in [2.24, 2.45) is 5.92 Å². The Morgan fingerprint density at radius 3 is 2.42 bits per heavy atom. The van der Waals surface area contributed by atoms with Crippen LogP contribution in [0.3, 0.4) is 0 Å². The lowest BCUT2D eigenvalue weighted by Crippen LogP contribution is -2.22. The molecule has 4 nitrogen and oxygen atoms in total. The third kappa shape index (κ3) is 5.70. The summed E-state index contributed by atoms with van der Waals surface area (Å²) >= 11 is 0. The summed E-state index contributed by atoms with van der Waals surface area (Å²) in [4.78, 5) is 9.95. The van der Waals surface area contributed by atoms with Gasteiger partial charge in [0.2, 0.25) is 0 Å². The Morgan fingerprint density at radius 1 is 1.42 bits per heavy atom. The van der Waals surface area contributed by atoms with Gasteiger partial charge in [0, 0.05) is 13.0 Å². The summed E-state index contributed by atoms with van der Waals surface area (Å²) < 4.78 is 22.2. The summed E-state index contributed by atoms with van der Waals surface area (Å²) in [7, 11) is 0. The van der Waals surface area contributed by atoms with Crippen molar-refractivity contribution in [2.75, 3.05) is 6.61 Å². The molecule has 19 heavy (non-hydrogen) atoms. The molecule has 2 unspecified atom stereocenters. The van der Waals surface area contributed by atoms with Gasteiger partial charge < -0.3 is 14.6 Å². The highest BCUT2D eigenvalue weighted by Crippen LogP contribution is 2.22. The van der Waals surface area contributed by atoms with Crippen LogP contribution in [0.5, 0.6) is 5.75 Å². The lowest BCUT2D eigenvalue weighted by Gasteiger charge is -2.15. The first kappa shape index (κ1) is 15.4. The molecule has 0 bridgehead atoms. The number of para-hydroxylation sites is 1. The van der Waals surface area contributed by atoms with Gasteiger partial charge in [-0.25, -0.2) is 9.18 Å². The zero-order chi connectivity index (χ0) is 14.3. The largest absolute Gasteiger partial charge is 0.511 e. The van der Waals surface area contributed by atoms with Gasteiger partial charge in [-0.15, -0.1) is 0 Å². The third-order valence-electron chi connectivity index (χ3n) is 2.67. The van der Waals surface area contributed by atoms with E-state index in [1.54, 1.807) is 30.3 Å². The van der Waals surface area contributed by atoms with Crippen molar-refractivity contribution in [1.82, 2.24) is 0 Å². The standard InChI is InChI=1S/C7H13FO.C7H6O3/c1-5(2)7-6(8)3-4-9-7;8-7(9)10-6-4-2-1-3-5-6/h5-7H,3-4H2,1-2H3;1-5H,(H,8,9). The van der Waals surface area contributed by atoms with Crippen LogP contribution in [0.25, 0.3) is 0 Å². The molecule has 1 N–H and O–H groups in total. The number of halogens is 1. The number of carboxylic acid groups (broad SMARTS) is 1. The van der Waals surface area contributed by atoms with Gasteiger partial charge in [-0.05, 0) is 18.1 Å². The van der Waals surface area contributed by atoms with Gasteiger partial charge in [0.1, 0.15) is 11.9 Å². The molecule has 0 aliphatic carbocycles. The number of rotatable bonds is 2. The maximum atomic E-state index is 12.7. The number of benzene rings is 1. The van der Waals surface area contributed by atoms with Crippen molar-refractivity contribution in [1.29, 1.82) is 0 Å². The van der Waals surface area contributed by atoms with Crippen molar-refractivity contribution >= 4 is 6.16 Å². The molecule has 2 rings (SSSR count). The van der Waals surface area contributed by atoms with E-state index in [-0.39, 0.29) is 6.10 Å². The van der Waals surface area contributed by atoms with Crippen LogP contribution in [0.2, 0.25) is 0 Å². The second-order valence-electron chi connectivity index (χ2n) is 4.57. The number of hydrogen-bond donors (Lipinski definition) is 1. The highest BCUT2D eigenvalue weighted by molar-refractivity contribution is 5.60. The van der Waals surface area contributed by atoms with E-state index in [0.717, 1.165) is 0 Å². The van der Waals surface area contributed by atoms with Crippen LogP contribution in [-0.2, 0) is 4.74 Å². The Bertz CT molecular complexity index is 380. The van der Waals surface area contributed by atoms with Crippen molar-refractivity contribution < 1.29 is 23.8 Å². The molecule has 106 valence electrons. The van der Waals surface area contributed by atoms with Gasteiger partial charge in [-0.1, -0.05) is 32.0 Å². The topological polar surface area (TPSA) is 55.8 Å². The predicted octanol–water partition coefficient (Wildman–Crippen LogP) is 3.51. The van der Waals surface area contributed by atoms with E-state index in [4.69, 9.17) is 9.84 Å². The highest BCUT2D eigenvalue weighted by atomic mass is 19.1. The van der Waals surface area contributed by atoms with Crippen molar-refractivity contribution in [3.05, 3.63) is 30.3 Å². The lowest BCUT2D eigenvalue weighted by atomic mass is 10.0. The molecule has 5 heteroatoms. The van der Waals surface area contributed by atoms with Gasteiger partial charge in [0.25, 0.3) is 0 Å². The predicted molar refractivity (Wildman–Crippen MR) is 69.2 cm³/mol. The van der Waals surface area contributed by atoms with E-state index < -0.39 is 12.3 Å². The molecule has 0 radical (unpaired) electrons. The van der Waals surface area contributed by atoms with Crippen LogP contribution in [-0.4, -0.2) is 30.1 Å². The number of hydrogen-bond acceptors (Lipinski definition) is 3. The monoisotopic (exact) mass is 270 g/mol. The summed E-state index contributed by atoms with van der Waals surface area (Å²) in [5.74, 6) is 0.664. The van der Waals surface area contributed by atoms with Gasteiger partial charge >= 0.3 is 6.16 Å². The number of ether oxygens (including phenoxy) is 2. The van der Waals surface area contributed by atoms with E-state index in [2.05, 4.69) is 4.74 Å². The molecular formula is C14H19FO4. The van der Waals surface area contributed by atoms with Gasteiger partial charge in [0.05, 0.1) is 6.10 Å². The first-order chi connectivity index (χ1) is 9.00. The zero-order valence-electron chi connectivity index (χ0n) is 11.1. The fourth-order valence-corrected chi connectivity index (χ4v) is 1.78. The summed E-state index contributed by atoms with van der Waals surface area (Å²) in [6.45, 7) is 4.58. The SMILES string of the molecule is CC(C)C1OCCC1F.O=C(O)Oc1ccccc1. The second-order valence-corrected chi connectivity index (χ2v) is 4.57. The van der Waals surface area contributed by atoms with Crippen LogP contribution in [0.15, 0.2) is 30.3 Å². The highest BCUT2D eigenvalue weighted by Gasteiger charge is 2.30. The molecule has 1 aliphatic rings. The molecule has 1 fully saturated rings. The van der Waals surface area contributed by atoms with Gasteiger partial charge in [0.15, 0.2) is 0 Å². The maximum Gasteiger partial charge on any atom is 0.511 e. The number of alkyl halides is 1. The molecule has 2 atom stereocenters. The normalized spacial score (nSPS) is 21.7. The fraction of sp³-hybridized carbons (Fsp3) is 0.500. The van der Waals surface area contributed by atoms with E-state index >= 15 is 0 Å². The molecule has 0 aromatic heterocycles. The third-order valence-corrected chi connectivity index (χ3v) is 2.67. The van der Waals surface area contributed by atoms with Crippen molar-refractivity contribution in [2.45, 2.75) is 32.5 Å². The van der Waals surface area contributed by atoms with Crippen LogP contribution in [0, 0.1) is 5.92 Å². The molecule has 1 aliphatic heterocycles. The minimum absolute atomic E-state index is 0.134. The average Bonchev–Trinajstić information content (AvgIpc) is 2.77. The van der Waals surface area contributed by atoms with E-state index in [9.17, 15) is 9.18 Å². The fourth-order valence-electron chi connectivity index (χ4n) is 1.78. The Hall–Kier alpha value is -1.62. The summed E-state index contributed by atoms with van der Waals surface area (Å²) in [6, 6.07) is 8.35. The lowest BCUT2D eigenvalue weighted by molar-refractivity contribution is 0.0429. The molecule has 0 amide bonds. The quantitative estimate of drug-likeness (QED) is 0.660. The first-order valence-electron chi connectivity index (χ1n) is 6.22. The van der Waals surface area contributed by atoms with Crippen LogP contribution in [0.4, 0.5) is 9.18 Å².